The predicted octanol–water partition coefficient (Wildman–Crippen LogP) is 5.02. The van der Waals surface area contributed by atoms with Gasteiger partial charge >= 0.3 is 0 Å². The molecule has 0 saturated heterocycles. The van der Waals surface area contributed by atoms with Crippen LogP contribution in [0.15, 0.2) is 96.2 Å². The second-order valence-corrected chi connectivity index (χ2v) is 10.1. The molecule has 2 aromatic heterocycles. The van der Waals surface area contributed by atoms with Crippen molar-refractivity contribution in [3.8, 4) is 5.75 Å². The number of rotatable bonds is 8. The molecule has 0 bridgehead atoms. The van der Waals surface area contributed by atoms with E-state index in [1.165, 1.54) is 36.1 Å². The van der Waals surface area contributed by atoms with Gasteiger partial charge in [-0.15, -0.1) is 0 Å². The van der Waals surface area contributed by atoms with Gasteiger partial charge < -0.3 is 10.1 Å². The van der Waals surface area contributed by atoms with Crippen LogP contribution in [0.5, 0.6) is 5.75 Å². The van der Waals surface area contributed by atoms with E-state index < -0.39 is 15.9 Å². The molecule has 0 atom stereocenters. The Balaban J connectivity index is 1.50. The Hall–Kier alpha value is -4.61. The number of nitrogens with one attached hydrogen (secondary N) is 3. The molecule has 10 nitrogen and oxygen atoms in total. The SMILES string of the molecule is COc1ccc(Cl)c(Nc2nc3ccccc3nc2NS(=O)(=O)c2cccc(C(=O)Nn3cccc3)c2)c1. The number of carbonyl (C=O) groups excluding carboxylic acids is 1. The maximum Gasteiger partial charge on any atom is 0.270 e. The largest absolute Gasteiger partial charge is 0.497 e. The molecule has 38 heavy (non-hydrogen) atoms. The Bertz CT molecular complexity index is 1740. The zero-order valence-corrected chi connectivity index (χ0v) is 21.5. The molecule has 3 N–H and O–H groups in total. The second kappa shape index (κ2) is 10.4. The van der Waals surface area contributed by atoms with Gasteiger partial charge in [0.05, 0.1) is 33.7 Å². The lowest BCUT2D eigenvalue weighted by Gasteiger charge is -2.15. The van der Waals surface area contributed by atoms with Crippen LogP contribution in [-0.2, 0) is 10.0 Å². The molecule has 0 unspecified atom stereocenters. The Kier molecular flexibility index (Phi) is 6.86. The lowest BCUT2D eigenvalue weighted by atomic mass is 10.2. The van der Waals surface area contributed by atoms with Gasteiger partial charge in [0.15, 0.2) is 11.6 Å². The molecule has 5 aromatic rings. The van der Waals surface area contributed by atoms with Crippen molar-refractivity contribution < 1.29 is 17.9 Å². The summed E-state index contributed by atoms with van der Waals surface area (Å²) in [5.74, 6) is 0.148. The number of halogens is 1. The highest BCUT2D eigenvalue weighted by atomic mass is 35.5. The molecule has 2 heterocycles. The Morgan fingerprint density at radius 1 is 0.895 bits per heavy atom. The van der Waals surface area contributed by atoms with Gasteiger partial charge in [0.1, 0.15) is 5.75 Å². The highest BCUT2D eigenvalue weighted by Gasteiger charge is 2.21. The topological polar surface area (TPSA) is 127 Å². The first-order valence-corrected chi connectivity index (χ1v) is 13.1. The molecule has 0 saturated carbocycles. The Morgan fingerprint density at radius 2 is 1.61 bits per heavy atom. The molecule has 3 aromatic carbocycles. The lowest BCUT2D eigenvalue weighted by molar-refractivity contribution is 0.101. The first-order chi connectivity index (χ1) is 18.3. The number of carbonyl (C=O) groups is 1. The molecular weight excluding hydrogens is 528 g/mol. The predicted molar refractivity (Wildman–Crippen MR) is 146 cm³/mol. The van der Waals surface area contributed by atoms with Crippen LogP contribution in [0.3, 0.4) is 0 Å². The molecule has 192 valence electrons. The molecular formula is C26H21ClN6O4S. The average Bonchev–Trinajstić information content (AvgIpc) is 3.43. The van der Waals surface area contributed by atoms with E-state index in [-0.39, 0.29) is 22.1 Å². The van der Waals surface area contributed by atoms with Crippen LogP contribution in [0.4, 0.5) is 17.3 Å². The third kappa shape index (κ3) is 5.38. The van der Waals surface area contributed by atoms with Crippen molar-refractivity contribution in [1.29, 1.82) is 0 Å². The van der Waals surface area contributed by atoms with Crippen molar-refractivity contribution in [2.45, 2.75) is 4.90 Å². The van der Waals surface area contributed by atoms with E-state index in [9.17, 15) is 13.2 Å². The summed E-state index contributed by atoms with van der Waals surface area (Å²) >= 11 is 6.36. The van der Waals surface area contributed by atoms with E-state index in [0.29, 0.717) is 27.5 Å². The zero-order chi connectivity index (χ0) is 26.7. The number of sulfonamides is 1. The van der Waals surface area contributed by atoms with E-state index in [4.69, 9.17) is 16.3 Å². The number of amides is 1. The molecule has 5 rings (SSSR count). The molecule has 0 radical (unpaired) electrons. The third-order valence-electron chi connectivity index (χ3n) is 5.47. The lowest BCUT2D eigenvalue weighted by Crippen LogP contribution is -2.22. The summed E-state index contributed by atoms with van der Waals surface area (Å²) in [5, 5.41) is 3.43. The van der Waals surface area contributed by atoms with Crippen molar-refractivity contribution >= 4 is 55.9 Å². The third-order valence-corrected chi connectivity index (χ3v) is 7.14. The van der Waals surface area contributed by atoms with Gasteiger partial charge in [-0.1, -0.05) is 29.8 Å². The minimum Gasteiger partial charge on any atom is -0.497 e. The highest BCUT2D eigenvalue weighted by molar-refractivity contribution is 7.92. The van der Waals surface area contributed by atoms with Gasteiger partial charge in [0.25, 0.3) is 15.9 Å². The molecule has 12 heteroatoms. The second-order valence-electron chi connectivity index (χ2n) is 8.04. The zero-order valence-electron chi connectivity index (χ0n) is 19.9. The summed E-state index contributed by atoms with van der Waals surface area (Å²) in [6.07, 6.45) is 3.31. The first kappa shape index (κ1) is 25.1. The summed E-state index contributed by atoms with van der Waals surface area (Å²) in [5.41, 5.74) is 4.27. The van der Waals surface area contributed by atoms with E-state index in [2.05, 4.69) is 25.4 Å². The quantitative estimate of drug-likeness (QED) is 0.248. The number of hydrogen-bond donors (Lipinski definition) is 3. The van der Waals surface area contributed by atoms with Crippen molar-refractivity contribution in [1.82, 2.24) is 14.6 Å². The smallest absolute Gasteiger partial charge is 0.270 e. The minimum absolute atomic E-state index is 0.0511. The molecule has 0 aliphatic rings. The molecule has 1 amide bonds. The fourth-order valence-electron chi connectivity index (χ4n) is 3.59. The van der Waals surface area contributed by atoms with Crippen LogP contribution >= 0.6 is 11.6 Å². The van der Waals surface area contributed by atoms with Gasteiger partial charge in [-0.25, -0.2) is 18.4 Å². The van der Waals surface area contributed by atoms with Gasteiger partial charge in [0, 0.05) is 24.0 Å². The number of ether oxygens (including phenoxy) is 1. The average molecular weight is 549 g/mol. The van der Waals surface area contributed by atoms with Gasteiger partial charge in [-0.3, -0.25) is 19.6 Å². The summed E-state index contributed by atoms with van der Waals surface area (Å²) in [6, 6.07) is 21.2. The van der Waals surface area contributed by atoms with Crippen LogP contribution in [0.25, 0.3) is 11.0 Å². The van der Waals surface area contributed by atoms with E-state index in [0.717, 1.165) is 0 Å². The van der Waals surface area contributed by atoms with Crippen molar-refractivity contribution in [3.05, 3.63) is 102 Å². The van der Waals surface area contributed by atoms with Crippen molar-refractivity contribution in [2.24, 2.45) is 0 Å². The minimum atomic E-state index is -4.17. The molecule has 0 fully saturated rings. The highest BCUT2D eigenvalue weighted by Crippen LogP contribution is 2.32. The molecule has 0 aliphatic carbocycles. The number of anilines is 3. The Labute approximate surface area is 223 Å². The number of methoxy groups -OCH3 is 1. The standard InChI is InChI=1S/C26H21ClN6O4S/c1-37-18-11-12-20(27)23(16-18)30-24-25(29-22-10-3-2-9-21(22)28-24)32-38(35,36)19-8-6-7-17(15-19)26(34)31-33-13-4-5-14-33/h2-16H,1H3,(H,28,30)(H,29,32)(H,31,34). The number of para-hydroxylation sites is 2. The monoisotopic (exact) mass is 548 g/mol. The van der Waals surface area contributed by atoms with Crippen LogP contribution in [0.2, 0.25) is 5.02 Å². The Morgan fingerprint density at radius 3 is 2.32 bits per heavy atom. The van der Waals surface area contributed by atoms with Crippen molar-refractivity contribution in [3.63, 3.8) is 0 Å². The van der Waals surface area contributed by atoms with Crippen LogP contribution in [0, 0.1) is 0 Å². The maximum absolute atomic E-state index is 13.4. The van der Waals surface area contributed by atoms with Gasteiger partial charge in [-0.2, -0.15) is 0 Å². The number of fused-ring (bicyclic) bond motifs is 1. The van der Waals surface area contributed by atoms with Crippen LogP contribution < -0.4 is 20.2 Å². The van der Waals surface area contributed by atoms with Crippen LogP contribution in [-0.4, -0.2) is 36.1 Å². The first-order valence-electron chi connectivity index (χ1n) is 11.3. The van der Waals surface area contributed by atoms with E-state index in [1.807, 2.05) is 0 Å². The van der Waals surface area contributed by atoms with Gasteiger partial charge in [-0.05, 0) is 54.6 Å². The molecule has 0 spiro atoms. The van der Waals surface area contributed by atoms with E-state index in [1.54, 1.807) is 67.0 Å². The van der Waals surface area contributed by atoms with E-state index >= 15 is 0 Å². The number of nitrogens with zero attached hydrogens (tertiary/aromatic N) is 3. The fraction of sp³-hybridized carbons (Fsp3) is 0.0385. The summed E-state index contributed by atoms with van der Waals surface area (Å²) in [4.78, 5) is 21.6. The maximum atomic E-state index is 13.4. The summed E-state index contributed by atoms with van der Waals surface area (Å²) in [7, 11) is -2.65. The van der Waals surface area contributed by atoms with Crippen molar-refractivity contribution in [2.75, 3.05) is 22.6 Å². The number of hydrogen-bond acceptors (Lipinski definition) is 7. The van der Waals surface area contributed by atoms with Crippen LogP contribution in [0.1, 0.15) is 10.4 Å². The fourth-order valence-corrected chi connectivity index (χ4v) is 4.81. The number of benzene rings is 3. The summed E-state index contributed by atoms with van der Waals surface area (Å²) in [6.45, 7) is 0. The normalized spacial score (nSPS) is 11.2. The molecule has 0 aliphatic heterocycles. The summed E-state index contributed by atoms with van der Waals surface area (Å²) < 4.78 is 36.1. The number of aromatic nitrogens is 3. The van der Waals surface area contributed by atoms with Gasteiger partial charge in [0.2, 0.25) is 0 Å².